The normalized spacial score (nSPS) is 11.8. The third kappa shape index (κ3) is 5.77. The summed E-state index contributed by atoms with van der Waals surface area (Å²) < 4.78 is 23.2. The molecule has 0 radical (unpaired) electrons. The number of amides is 2. The Balaban J connectivity index is 2.04. The summed E-state index contributed by atoms with van der Waals surface area (Å²) >= 11 is 0. The highest BCUT2D eigenvalue weighted by Gasteiger charge is 2.32. The van der Waals surface area contributed by atoms with E-state index in [1.807, 2.05) is 36.3 Å². The first-order chi connectivity index (χ1) is 15.7. The van der Waals surface area contributed by atoms with Crippen LogP contribution in [0.1, 0.15) is 17.2 Å². The molecule has 0 spiro atoms. The number of hydrogen-bond donors (Lipinski definition) is 3. The second kappa shape index (κ2) is 9.99. The van der Waals surface area contributed by atoms with Crippen molar-refractivity contribution in [3.05, 3.63) is 90.0 Å². The maximum Gasteiger partial charge on any atom is 0.303 e. The molecule has 0 aliphatic heterocycles. The van der Waals surface area contributed by atoms with Gasteiger partial charge in [-0.3, -0.25) is 14.5 Å². The highest BCUT2D eigenvalue weighted by Crippen LogP contribution is 2.29. The molecule has 0 fully saturated rings. The van der Waals surface area contributed by atoms with Gasteiger partial charge >= 0.3 is 5.91 Å². The monoisotopic (exact) mass is 462 g/mol. The van der Waals surface area contributed by atoms with E-state index < -0.39 is 27.9 Å². The molecule has 0 aromatic heterocycles. The summed E-state index contributed by atoms with van der Waals surface area (Å²) in [5.41, 5.74) is 7.83. The van der Waals surface area contributed by atoms with Crippen LogP contribution in [0.25, 0.3) is 0 Å². The van der Waals surface area contributed by atoms with Crippen molar-refractivity contribution in [1.82, 2.24) is 5.32 Å². The fraction of sp³-hybridized carbons (Fsp3) is 0.0833. The number of carbonyl (C=O) groups excluding carboxylic acids is 2. The van der Waals surface area contributed by atoms with Gasteiger partial charge in [-0.1, -0.05) is 42.5 Å². The molecule has 0 saturated carbocycles. The first-order valence-electron chi connectivity index (χ1n) is 9.80. The van der Waals surface area contributed by atoms with E-state index >= 15 is 0 Å². The predicted octanol–water partition coefficient (Wildman–Crippen LogP) is 1.94. The van der Waals surface area contributed by atoms with Gasteiger partial charge in [-0.25, -0.2) is 13.6 Å². The van der Waals surface area contributed by atoms with Crippen molar-refractivity contribution in [1.29, 1.82) is 0 Å². The number of nitrogens with one attached hydrogen (secondary N) is 1. The van der Waals surface area contributed by atoms with Crippen LogP contribution in [0.3, 0.4) is 0 Å². The summed E-state index contributed by atoms with van der Waals surface area (Å²) in [4.78, 5) is 27.1. The van der Waals surface area contributed by atoms with E-state index in [0.717, 1.165) is 10.5 Å². The lowest BCUT2D eigenvalue weighted by atomic mass is 10.0. The first-order valence-corrected chi connectivity index (χ1v) is 11.3. The van der Waals surface area contributed by atoms with Gasteiger partial charge in [0.15, 0.2) is 0 Å². The predicted molar refractivity (Wildman–Crippen MR) is 126 cm³/mol. The number of carbonyl (C=O) groups is 2. The minimum Gasteiger partial charge on any atom is -0.399 e. The number of sulfonamides is 1. The second-order valence-corrected chi connectivity index (χ2v) is 8.69. The van der Waals surface area contributed by atoms with Crippen molar-refractivity contribution in [2.75, 3.05) is 10.6 Å². The van der Waals surface area contributed by atoms with Crippen molar-refractivity contribution in [2.45, 2.75) is 17.5 Å². The topological polar surface area (TPSA) is 136 Å². The Bertz CT molecular complexity index is 1280. The molecule has 0 heterocycles. The number of anilines is 2. The van der Waals surface area contributed by atoms with E-state index in [1.165, 1.54) is 24.3 Å². The molecule has 1 atom stereocenters. The molecule has 2 amide bonds. The first kappa shape index (κ1) is 23.5. The van der Waals surface area contributed by atoms with Gasteiger partial charge < -0.3 is 11.1 Å². The summed E-state index contributed by atoms with van der Waals surface area (Å²) in [5, 5.41) is 7.99. The van der Waals surface area contributed by atoms with Crippen LogP contribution in [0.15, 0.2) is 83.8 Å². The number of nitrogens with two attached hydrogens (primary N) is 2. The van der Waals surface area contributed by atoms with Crippen LogP contribution in [0, 0.1) is 12.3 Å². The third-order valence-electron chi connectivity index (χ3n) is 4.85. The molecule has 0 saturated heterocycles. The van der Waals surface area contributed by atoms with Crippen LogP contribution >= 0.6 is 0 Å². The molecule has 1 unspecified atom stereocenters. The molecule has 8 nitrogen and oxygen atoms in total. The molecule has 168 valence electrons. The van der Waals surface area contributed by atoms with Gasteiger partial charge in [0.2, 0.25) is 15.9 Å². The summed E-state index contributed by atoms with van der Waals surface area (Å²) in [6.07, 6.45) is 5.41. The Morgan fingerprint density at radius 3 is 2.12 bits per heavy atom. The van der Waals surface area contributed by atoms with Crippen LogP contribution in [-0.2, 0) is 26.2 Å². The lowest BCUT2D eigenvalue weighted by Crippen LogP contribution is -2.43. The van der Waals surface area contributed by atoms with Crippen LogP contribution in [0.5, 0.6) is 0 Å². The van der Waals surface area contributed by atoms with Crippen molar-refractivity contribution >= 4 is 33.2 Å². The zero-order valence-electron chi connectivity index (χ0n) is 17.5. The minimum atomic E-state index is -3.94. The number of hydrogen-bond acceptors (Lipinski definition) is 5. The van der Waals surface area contributed by atoms with Gasteiger partial charge in [0.1, 0.15) is 6.04 Å². The summed E-state index contributed by atoms with van der Waals surface area (Å²) in [6.45, 7) is 0.230. The molecule has 9 heteroatoms. The third-order valence-corrected chi connectivity index (χ3v) is 5.78. The molecule has 0 bridgehead atoms. The fourth-order valence-corrected chi connectivity index (χ4v) is 3.74. The van der Waals surface area contributed by atoms with Crippen LogP contribution in [0.4, 0.5) is 11.4 Å². The molecule has 0 aliphatic rings. The Morgan fingerprint density at radius 2 is 1.58 bits per heavy atom. The Kier molecular flexibility index (Phi) is 7.13. The van der Waals surface area contributed by atoms with Crippen LogP contribution in [0.2, 0.25) is 0 Å². The van der Waals surface area contributed by atoms with Gasteiger partial charge in [0.05, 0.1) is 4.90 Å². The number of benzene rings is 3. The van der Waals surface area contributed by atoms with Gasteiger partial charge in [-0.2, -0.15) is 0 Å². The van der Waals surface area contributed by atoms with Crippen molar-refractivity contribution < 1.29 is 18.0 Å². The Morgan fingerprint density at radius 1 is 0.970 bits per heavy atom. The molecule has 0 aliphatic carbocycles. The molecular formula is C24H22N4O4S. The van der Waals surface area contributed by atoms with E-state index in [2.05, 4.69) is 5.32 Å². The molecule has 3 aromatic rings. The average Bonchev–Trinajstić information content (AvgIpc) is 2.81. The average molecular weight is 463 g/mol. The quantitative estimate of drug-likeness (QED) is 0.364. The molecule has 3 aromatic carbocycles. The van der Waals surface area contributed by atoms with Crippen LogP contribution in [-0.4, -0.2) is 20.2 Å². The van der Waals surface area contributed by atoms with Crippen molar-refractivity contribution in [3.63, 3.8) is 0 Å². The van der Waals surface area contributed by atoms with Crippen molar-refractivity contribution in [2.24, 2.45) is 5.14 Å². The highest BCUT2D eigenvalue weighted by molar-refractivity contribution is 7.89. The van der Waals surface area contributed by atoms with Crippen molar-refractivity contribution in [3.8, 4) is 12.3 Å². The van der Waals surface area contributed by atoms with Gasteiger partial charge in [0, 0.05) is 17.9 Å². The number of terminal acetylenes is 1. The Hall–Kier alpha value is -4.13. The largest absolute Gasteiger partial charge is 0.399 e. The smallest absolute Gasteiger partial charge is 0.303 e. The number of nitrogens with zero attached hydrogens (tertiary/aromatic N) is 1. The summed E-state index contributed by atoms with van der Waals surface area (Å²) in [6, 6.07) is 19.8. The number of primary sulfonamides is 1. The lowest BCUT2D eigenvalue weighted by molar-refractivity contribution is -0.125. The Labute approximate surface area is 192 Å². The lowest BCUT2D eigenvalue weighted by Gasteiger charge is -2.30. The molecular weight excluding hydrogens is 440 g/mol. The van der Waals surface area contributed by atoms with E-state index in [4.69, 9.17) is 17.3 Å². The van der Waals surface area contributed by atoms with Gasteiger partial charge in [-0.05, 0) is 53.4 Å². The zero-order valence-corrected chi connectivity index (χ0v) is 18.3. The minimum absolute atomic E-state index is 0.142. The number of rotatable bonds is 7. The summed E-state index contributed by atoms with van der Waals surface area (Å²) in [5.74, 6) is 0.772. The van der Waals surface area contributed by atoms with E-state index in [9.17, 15) is 18.0 Å². The van der Waals surface area contributed by atoms with Crippen LogP contribution < -0.4 is 21.1 Å². The molecule has 5 N–H and O–H groups in total. The molecule has 33 heavy (non-hydrogen) atoms. The SMILES string of the molecule is C#CC(=O)N(c1ccc(S(N)(=O)=O)cc1)C(C(=O)NCc1ccccc1)c1ccc(N)cc1. The fourth-order valence-electron chi connectivity index (χ4n) is 3.23. The van der Waals surface area contributed by atoms with Gasteiger partial charge in [-0.15, -0.1) is 6.42 Å². The van der Waals surface area contributed by atoms with E-state index in [0.29, 0.717) is 11.3 Å². The van der Waals surface area contributed by atoms with E-state index in [-0.39, 0.29) is 17.1 Å². The highest BCUT2D eigenvalue weighted by atomic mass is 32.2. The second-order valence-electron chi connectivity index (χ2n) is 7.13. The maximum atomic E-state index is 13.3. The molecule has 3 rings (SSSR count). The summed E-state index contributed by atoms with van der Waals surface area (Å²) in [7, 11) is -3.94. The van der Waals surface area contributed by atoms with E-state index in [1.54, 1.807) is 24.3 Å². The standard InChI is InChI=1S/C24H22N4O4S/c1-2-22(29)28(20-12-14-21(15-13-20)33(26,31)32)23(18-8-10-19(25)11-9-18)24(30)27-16-17-6-4-3-5-7-17/h1,3-15,23H,16,25H2,(H,27,30)(H2,26,31,32). The number of nitrogen functional groups attached to an aromatic ring is 1. The van der Waals surface area contributed by atoms with Gasteiger partial charge in [0.25, 0.3) is 0 Å². The zero-order chi connectivity index (χ0) is 24.0. The maximum absolute atomic E-state index is 13.3.